The number of rotatable bonds is 3. The van der Waals surface area contributed by atoms with E-state index in [0.717, 1.165) is 9.18 Å². The van der Waals surface area contributed by atoms with E-state index in [4.69, 9.17) is 5.26 Å². The molecule has 0 bridgehead atoms. The Hall–Kier alpha value is -2.21. The van der Waals surface area contributed by atoms with Crippen LogP contribution < -0.4 is 0 Å². The van der Waals surface area contributed by atoms with Crippen molar-refractivity contribution in [2.24, 2.45) is 0 Å². The van der Waals surface area contributed by atoms with Gasteiger partial charge >= 0.3 is 5.97 Å². The van der Waals surface area contributed by atoms with Gasteiger partial charge < -0.3 is 5.11 Å². The molecule has 0 saturated carbocycles. The van der Waals surface area contributed by atoms with E-state index in [1.165, 1.54) is 29.5 Å². The van der Waals surface area contributed by atoms with Crippen molar-refractivity contribution in [1.82, 2.24) is 4.31 Å². The predicted octanol–water partition coefficient (Wildman–Crippen LogP) is 1.99. The molecule has 1 aromatic carbocycles. The zero-order valence-electron chi connectivity index (χ0n) is 11.8. The highest BCUT2D eigenvalue weighted by Gasteiger charge is 2.41. The smallest absolute Gasteiger partial charge is 0.326 e. The van der Waals surface area contributed by atoms with Crippen molar-refractivity contribution >= 4 is 27.3 Å². The molecule has 0 amide bonds. The summed E-state index contributed by atoms with van der Waals surface area (Å²) in [5.74, 6) is -1.22. The molecule has 1 aliphatic rings. The van der Waals surface area contributed by atoms with Crippen LogP contribution in [-0.4, -0.2) is 30.3 Å². The van der Waals surface area contributed by atoms with Crippen molar-refractivity contribution in [2.45, 2.75) is 17.4 Å². The Morgan fingerprint density at radius 1 is 1.35 bits per heavy atom. The Morgan fingerprint density at radius 2 is 2.09 bits per heavy atom. The first-order valence-electron chi connectivity index (χ1n) is 6.77. The third-order valence-electron chi connectivity index (χ3n) is 3.75. The Bertz CT molecular complexity index is 912. The fourth-order valence-electron chi connectivity index (χ4n) is 2.72. The van der Waals surface area contributed by atoms with E-state index in [9.17, 15) is 18.3 Å². The molecule has 3 rings (SSSR count). The lowest BCUT2D eigenvalue weighted by Gasteiger charge is -2.32. The second-order valence-corrected chi connectivity index (χ2v) is 7.87. The van der Waals surface area contributed by atoms with E-state index in [0.29, 0.717) is 12.0 Å². The zero-order chi connectivity index (χ0) is 16.6. The number of nitriles is 1. The van der Waals surface area contributed by atoms with Gasteiger partial charge in [0.05, 0.1) is 10.5 Å². The van der Waals surface area contributed by atoms with Crippen molar-refractivity contribution in [2.75, 3.05) is 6.54 Å². The minimum absolute atomic E-state index is 0.00718. The van der Waals surface area contributed by atoms with Crippen LogP contribution in [0.1, 0.15) is 22.0 Å². The molecule has 0 radical (unpaired) electrons. The first-order chi connectivity index (χ1) is 11.0. The Kier molecular flexibility index (Phi) is 3.93. The summed E-state index contributed by atoms with van der Waals surface area (Å²) in [6.07, 6.45) is 0.463. The summed E-state index contributed by atoms with van der Waals surface area (Å²) in [5.41, 5.74) is 0.513. The second kappa shape index (κ2) is 5.77. The molecule has 8 heteroatoms. The van der Waals surface area contributed by atoms with E-state index < -0.39 is 22.0 Å². The Balaban J connectivity index is 2.14. The lowest BCUT2D eigenvalue weighted by Crippen LogP contribution is -2.43. The molecule has 23 heavy (non-hydrogen) atoms. The number of carboxylic acids is 1. The van der Waals surface area contributed by atoms with Crippen molar-refractivity contribution in [3.63, 3.8) is 0 Å². The van der Waals surface area contributed by atoms with Gasteiger partial charge in [0.2, 0.25) is 10.0 Å². The molecule has 1 aromatic heterocycles. The van der Waals surface area contributed by atoms with Crippen LogP contribution in [-0.2, 0) is 21.2 Å². The van der Waals surface area contributed by atoms with E-state index in [2.05, 4.69) is 0 Å². The number of nitrogens with zero attached hydrogens (tertiary/aromatic N) is 2. The van der Waals surface area contributed by atoms with Gasteiger partial charge in [-0.15, -0.1) is 11.3 Å². The van der Waals surface area contributed by atoms with E-state index in [1.54, 1.807) is 17.5 Å². The van der Waals surface area contributed by atoms with Gasteiger partial charge in [0.15, 0.2) is 0 Å². The topological polar surface area (TPSA) is 98.5 Å². The largest absolute Gasteiger partial charge is 0.480 e. The van der Waals surface area contributed by atoms with Crippen LogP contribution >= 0.6 is 11.3 Å². The molecule has 6 nitrogen and oxygen atoms in total. The van der Waals surface area contributed by atoms with Crippen LogP contribution in [0.25, 0.3) is 0 Å². The maximum atomic E-state index is 12.9. The van der Waals surface area contributed by atoms with Crippen molar-refractivity contribution in [3.05, 3.63) is 51.7 Å². The number of benzene rings is 1. The lowest BCUT2D eigenvalue weighted by atomic mass is 10.0. The van der Waals surface area contributed by atoms with Gasteiger partial charge in [-0.3, -0.25) is 4.79 Å². The fraction of sp³-hybridized carbons (Fsp3) is 0.200. The quantitative estimate of drug-likeness (QED) is 0.914. The van der Waals surface area contributed by atoms with E-state index in [-0.39, 0.29) is 17.0 Å². The highest BCUT2D eigenvalue weighted by molar-refractivity contribution is 7.89. The summed E-state index contributed by atoms with van der Waals surface area (Å²) in [7, 11) is -4.08. The van der Waals surface area contributed by atoms with Gasteiger partial charge in [0.25, 0.3) is 0 Å². The van der Waals surface area contributed by atoms with Gasteiger partial charge in [-0.25, -0.2) is 8.42 Å². The van der Waals surface area contributed by atoms with Gasteiger partial charge in [0.1, 0.15) is 12.1 Å². The highest BCUT2D eigenvalue weighted by Crippen LogP contribution is 2.37. The number of hydrogen-bond acceptors (Lipinski definition) is 5. The minimum atomic E-state index is -4.08. The molecular weight excluding hydrogens is 336 g/mol. The number of thiophene rings is 1. The minimum Gasteiger partial charge on any atom is -0.480 e. The maximum Gasteiger partial charge on any atom is 0.326 e. The number of hydrogen-bond donors (Lipinski definition) is 1. The summed E-state index contributed by atoms with van der Waals surface area (Å²) in [6, 6.07) is 8.06. The third kappa shape index (κ3) is 2.53. The molecule has 2 heterocycles. The van der Waals surface area contributed by atoms with E-state index in [1.807, 2.05) is 6.07 Å². The number of fused-ring (bicyclic) bond motifs is 1. The lowest BCUT2D eigenvalue weighted by molar-refractivity contribution is -0.142. The summed E-state index contributed by atoms with van der Waals surface area (Å²) >= 11 is 1.43. The molecule has 2 aromatic rings. The number of sulfonamides is 1. The maximum absolute atomic E-state index is 12.9. The molecule has 0 saturated heterocycles. The highest BCUT2D eigenvalue weighted by atomic mass is 32.2. The monoisotopic (exact) mass is 348 g/mol. The average molecular weight is 348 g/mol. The van der Waals surface area contributed by atoms with Crippen LogP contribution in [0.3, 0.4) is 0 Å². The van der Waals surface area contributed by atoms with Crippen molar-refractivity contribution in [3.8, 4) is 6.07 Å². The molecule has 0 fully saturated rings. The van der Waals surface area contributed by atoms with Gasteiger partial charge in [-0.2, -0.15) is 9.57 Å². The van der Waals surface area contributed by atoms with Gasteiger partial charge in [-0.1, -0.05) is 12.1 Å². The van der Waals surface area contributed by atoms with Gasteiger partial charge in [0, 0.05) is 11.4 Å². The Morgan fingerprint density at radius 3 is 2.78 bits per heavy atom. The summed E-state index contributed by atoms with van der Waals surface area (Å²) in [6.45, 7) is 0.0760. The molecule has 1 aliphatic heterocycles. The molecule has 1 atom stereocenters. The van der Waals surface area contributed by atoms with Crippen LogP contribution in [0.4, 0.5) is 0 Å². The standard InChI is InChI=1S/C15H12N2O4S2/c16-9-10-3-1-2-4-13(10)23(20,21)17-7-5-12-11(6-8-22-12)14(17)15(18)19/h1-4,6,8,14H,5,7H2,(H,18,19). The fourth-order valence-corrected chi connectivity index (χ4v) is 5.33. The number of aliphatic carboxylic acids is 1. The zero-order valence-corrected chi connectivity index (χ0v) is 13.5. The van der Waals surface area contributed by atoms with Gasteiger partial charge in [-0.05, 0) is 35.6 Å². The van der Waals surface area contributed by atoms with Crippen LogP contribution in [0.5, 0.6) is 0 Å². The molecule has 0 spiro atoms. The predicted molar refractivity (Wildman–Crippen MR) is 83.4 cm³/mol. The number of carboxylic acid groups (broad SMARTS) is 1. The van der Waals surface area contributed by atoms with E-state index >= 15 is 0 Å². The van der Waals surface area contributed by atoms with Crippen LogP contribution in [0, 0.1) is 11.3 Å². The number of carbonyl (C=O) groups is 1. The molecule has 1 unspecified atom stereocenters. The normalized spacial score (nSPS) is 18.1. The average Bonchev–Trinajstić information content (AvgIpc) is 3.02. The first-order valence-corrected chi connectivity index (χ1v) is 9.09. The first kappa shape index (κ1) is 15.7. The van der Waals surface area contributed by atoms with Crippen LogP contribution in [0.15, 0.2) is 40.6 Å². The van der Waals surface area contributed by atoms with Crippen molar-refractivity contribution < 1.29 is 18.3 Å². The molecule has 0 aliphatic carbocycles. The summed E-state index contributed by atoms with van der Waals surface area (Å²) in [4.78, 5) is 12.4. The molecule has 118 valence electrons. The third-order valence-corrected chi connectivity index (χ3v) is 6.67. The SMILES string of the molecule is N#Cc1ccccc1S(=O)(=O)N1CCc2sccc2C1C(=O)O. The molecule has 1 N–H and O–H groups in total. The molecular formula is C15H12N2O4S2. The van der Waals surface area contributed by atoms with Crippen molar-refractivity contribution in [1.29, 1.82) is 5.26 Å². The summed E-state index contributed by atoms with van der Waals surface area (Å²) < 4.78 is 26.8. The van der Waals surface area contributed by atoms with Crippen LogP contribution in [0.2, 0.25) is 0 Å². The summed E-state index contributed by atoms with van der Waals surface area (Å²) in [5, 5.41) is 20.4. The Labute approximate surface area is 137 Å². The second-order valence-electron chi connectivity index (χ2n) is 5.01.